The van der Waals surface area contributed by atoms with Crippen LogP contribution in [0.4, 0.5) is 18.9 Å². The zero-order chi connectivity index (χ0) is 29.0. The number of hydrogen-bond acceptors (Lipinski definition) is 4. The number of anilines is 1. The first-order chi connectivity index (χ1) is 18.2. The van der Waals surface area contributed by atoms with Gasteiger partial charge in [0.05, 0.1) is 22.5 Å². The molecule has 1 fully saturated rings. The molecule has 1 atom stereocenters. The highest BCUT2D eigenvalue weighted by Gasteiger charge is 2.36. The van der Waals surface area contributed by atoms with E-state index in [1.807, 2.05) is 19.1 Å². The van der Waals surface area contributed by atoms with Gasteiger partial charge in [-0.1, -0.05) is 55.6 Å². The highest BCUT2D eigenvalue weighted by Crippen LogP contribution is 2.37. The van der Waals surface area contributed by atoms with Crippen LogP contribution in [-0.4, -0.2) is 50.0 Å². The summed E-state index contributed by atoms with van der Waals surface area (Å²) in [5.41, 5.74) is 0.0485. The topological polar surface area (TPSA) is 86.8 Å². The second-order valence-corrected chi connectivity index (χ2v) is 12.1. The average Bonchev–Trinajstić information content (AvgIpc) is 3.35. The lowest BCUT2D eigenvalue weighted by atomic mass is 10.1. The van der Waals surface area contributed by atoms with Crippen LogP contribution in [0.5, 0.6) is 0 Å². The smallest absolute Gasteiger partial charge is 0.352 e. The summed E-state index contributed by atoms with van der Waals surface area (Å²) in [5, 5.41) is 2.41. The lowest BCUT2D eigenvalue weighted by Crippen LogP contribution is -2.53. The van der Waals surface area contributed by atoms with E-state index in [1.54, 1.807) is 19.1 Å². The molecule has 1 aliphatic rings. The average molecular weight is 588 g/mol. The van der Waals surface area contributed by atoms with E-state index in [-0.39, 0.29) is 30.6 Å². The van der Waals surface area contributed by atoms with Crippen molar-refractivity contribution in [3.63, 3.8) is 0 Å². The number of hydrogen-bond donors (Lipinski definition) is 1. The fraction of sp³-hybridized carbons (Fsp3) is 0.481. The molecule has 0 radical (unpaired) electrons. The molecule has 1 saturated carbocycles. The SMILES string of the molecule is CC[C@H](C(=O)NC1CCCC1)N(Cc1ccccc1C)C(=O)CN(c1ccc(Cl)c(C(F)(F)F)c1)S(C)(=O)=O. The van der Waals surface area contributed by atoms with Crippen LogP contribution in [0.1, 0.15) is 55.7 Å². The van der Waals surface area contributed by atoms with Crippen LogP contribution in [-0.2, 0) is 32.3 Å². The number of nitrogens with zero attached hydrogens (tertiary/aromatic N) is 2. The van der Waals surface area contributed by atoms with Crippen molar-refractivity contribution in [1.29, 1.82) is 0 Å². The van der Waals surface area contributed by atoms with Gasteiger partial charge in [0.15, 0.2) is 0 Å². The van der Waals surface area contributed by atoms with Gasteiger partial charge in [-0.3, -0.25) is 13.9 Å². The molecule has 0 saturated heterocycles. The summed E-state index contributed by atoms with van der Waals surface area (Å²) in [5.74, 6) is -1.07. The van der Waals surface area contributed by atoms with Crippen LogP contribution in [0.3, 0.4) is 0 Å². The summed E-state index contributed by atoms with van der Waals surface area (Å²) in [6.45, 7) is 2.83. The van der Waals surface area contributed by atoms with Crippen molar-refractivity contribution in [3.8, 4) is 0 Å². The first-order valence-electron chi connectivity index (χ1n) is 12.7. The summed E-state index contributed by atoms with van der Waals surface area (Å²) in [7, 11) is -4.20. The summed E-state index contributed by atoms with van der Waals surface area (Å²) >= 11 is 5.72. The minimum Gasteiger partial charge on any atom is -0.352 e. The molecule has 214 valence electrons. The van der Waals surface area contributed by atoms with Gasteiger partial charge in [-0.15, -0.1) is 0 Å². The molecule has 0 heterocycles. The van der Waals surface area contributed by atoms with E-state index in [0.29, 0.717) is 10.4 Å². The summed E-state index contributed by atoms with van der Waals surface area (Å²) in [4.78, 5) is 28.4. The lowest BCUT2D eigenvalue weighted by Gasteiger charge is -2.34. The summed E-state index contributed by atoms with van der Waals surface area (Å²) in [6, 6.07) is 9.04. The molecule has 7 nitrogen and oxygen atoms in total. The van der Waals surface area contributed by atoms with Gasteiger partial charge < -0.3 is 10.2 Å². The first kappa shape index (κ1) is 30.7. The zero-order valence-electron chi connectivity index (χ0n) is 22.1. The number of benzene rings is 2. The van der Waals surface area contributed by atoms with Crippen molar-refractivity contribution >= 4 is 39.1 Å². The molecule has 0 aromatic heterocycles. The molecule has 2 aromatic rings. The van der Waals surface area contributed by atoms with Gasteiger partial charge >= 0.3 is 6.18 Å². The maximum absolute atomic E-state index is 13.8. The number of amides is 2. The third kappa shape index (κ3) is 7.88. The molecule has 0 unspecified atom stereocenters. The fourth-order valence-corrected chi connectivity index (χ4v) is 5.82. The van der Waals surface area contributed by atoms with E-state index in [2.05, 4.69) is 5.32 Å². The Labute approximate surface area is 232 Å². The number of nitrogens with one attached hydrogen (secondary N) is 1. The first-order valence-corrected chi connectivity index (χ1v) is 14.9. The van der Waals surface area contributed by atoms with Crippen LogP contribution < -0.4 is 9.62 Å². The molecule has 39 heavy (non-hydrogen) atoms. The van der Waals surface area contributed by atoms with Crippen LogP contribution in [0.15, 0.2) is 42.5 Å². The van der Waals surface area contributed by atoms with Gasteiger partial charge in [0.2, 0.25) is 21.8 Å². The Hall–Kier alpha value is -2.79. The number of alkyl halides is 3. The zero-order valence-corrected chi connectivity index (χ0v) is 23.7. The Morgan fingerprint density at radius 1 is 1.13 bits per heavy atom. The van der Waals surface area contributed by atoms with E-state index in [9.17, 15) is 31.2 Å². The molecule has 2 aromatic carbocycles. The van der Waals surface area contributed by atoms with Crippen LogP contribution in [0, 0.1) is 6.92 Å². The number of rotatable bonds is 10. The summed E-state index contributed by atoms with van der Waals surface area (Å²) < 4.78 is 66.5. The Morgan fingerprint density at radius 2 is 1.77 bits per heavy atom. The molecule has 0 bridgehead atoms. The molecule has 2 amide bonds. The van der Waals surface area contributed by atoms with Crippen molar-refractivity contribution in [2.75, 3.05) is 17.1 Å². The van der Waals surface area contributed by atoms with Crippen molar-refractivity contribution in [3.05, 3.63) is 64.2 Å². The van der Waals surface area contributed by atoms with Crippen molar-refractivity contribution in [2.24, 2.45) is 0 Å². The molecule has 3 rings (SSSR count). The maximum Gasteiger partial charge on any atom is 0.417 e. The molecule has 1 N–H and O–H groups in total. The monoisotopic (exact) mass is 587 g/mol. The highest BCUT2D eigenvalue weighted by molar-refractivity contribution is 7.92. The number of aryl methyl sites for hydroxylation is 1. The number of halogens is 4. The number of sulfonamides is 1. The Morgan fingerprint density at radius 3 is 2.33 bits per heavy atom. The number of carbonyl (C=O) groups excluding carboxylic acids is 2. The molecular formula is C27H33ClF3N3O4S. The molecular weight excluding hydrogens is 555 g/mol. The van der Waals surface area contributed by atoms with Gasteiger partial charge in [-0.05, 0) is 55.5 Å². The van der Waals surface area contributed by atoms with Crippen LogP contribution in [0.2, 0.25) is 5.02 Å². The van der Waals surface area contributed by atoms with Gasteiger partial charge in [0.25, 0.3) is 0 Å². The van der Waals surface area contributed by atoms with Gasteiger partial charge in [0.1, 0.15) is 12.6 Å². The van der Waals surface area contributed by atoms with E-state index >= 15 is 0 Å². The normalized spacial score (nSPS) is 15.2. The Balaban J connectivity index is 1.99. The van der Waals surface area contributed by atoms with Crippen molar-refractivity contribution in [1.82, 2.24) is 10.2 Å². The van der Waals surface area contributed by atoms with E-state index < -0.39 is 45.3 Å². The quantitative estimate of drug-likeness (QED) is 0.409. The van der Waals surface area contributed by atoms with Crippen LogP contribution >= 0.6 is 11.6 Å². The fourth-order valence-electron chi connectivity index (χ4n) is 4.76. The highest BCUT2D eigenvalue weighted by atomic mass is 35.5. The largest absolute Gasteiger partial charge is 0.417 e. The predicted octanol–water partition coefficient (Wildman–Crippen LogP) is 5.30. The molecule has 1 aliphatic carbocycles. The van der Waals surface area contributed by atoms with Crippen LogP contribution in [0.25, 0.3) is 0 Å². The lowest BCUT2D eigenvalue weighted by molar-refractivity contribution is -0.140. The third-order valence-electron chi connectivity index (χ3n) is 6.91. The third-order valence-corrected chi connectivity index (χ3v) is 8.38. The Kier molecular flexibility index (Phi) is 9.93. The van der Waals surface area contributed by atoms with Crippen molar-refractivity contribution < 1.29 is 31.2 Å². The second kappa shape index (κ2) is 12.6. The Bertz CT molecular complexity index is 1300. The van der Waals surface area contributed by atoms with E-state index in [4.69, 9.17) is 11.6 Å². The molecule has 12 heteroatoms. The van der Waals surface area contributed by atoms with E-state index in [0.717, 1.165) is 55.2 Å². The maximum atomic E-state index is 13.8. The standard InChI is InChI=1S/C27H33ClF3N3O4S/c1-4-24(26(36)32-20-11-7-8-12-20)33(16-19-10-6-5-9-18(19)2)25(35)17-34(39(3,37)38)21-13-14-23(28)22(15-21)27(29,30)31/h5-6,9-10,13-15,20,24H,4,7-8,11-12,16-17H2,1-3H3,(H,32,36)/t24-/m1/s1. The summed E-state index contributed by atoms with van der Waals surface area (Å²) in [6.07, 6.45) is -0.0907. The minimum absolute atomic E-state index is 0.00402. The minimum atomic E-state index is -4.83. The molecule has 0 spiro atoms. The molecule has 0 aliphatic heterocycles. The van der Waals surface area contributed by atoms with Crippen molar-refractivity contribution in [2.45, 2.75) is 70.8 Å². The van der Waals surface area contributed by atoms with Gasteiger partial charge in [-0.25, -0.2) is 8.42 Å². The number of carbonyl (C=O) groups is 2. The van der Waals surface area contributed by atoms with Gasteiger partial charge in [-0.2, -0.15) is 13.2 Å². The second-order valence-electron chi connectivity index (χ2n) is 9.79. The van der Waals surface area contributed by atoms with Gasteiger partial charge in [0, 0.05) is 12.6 Å². The predicted molar refractivity (Wildman–Crippen MR) is 145 cm³/mol. The van der Waals surface area contributed by atoms with E-state index in [1.165, 1.54) is 4.90 Å².